The number of rotatable bonds is 3. The van der Waals surface area contributed by atoms with E-state index in [1.54, 1.807) is 19.1 Å². The van der Waals surface area contributed by atoms with Gasteiger partial charge in [0.25, 0.3) is 0 Å². The van der Waals surface area contributed by atoms with Gasteiger partial charge in [0.05, 0.1) is 18.7 Å². The zero-order valence-electron chi connectivity index (χ0n) is 20.1. The molecule has 2 unspecified atom stereocenters. The highest BCUT2D eigenvalue weighted by Gasteiger charge is 2.34. The van der Waals surface area contributed by atoms with Gasteiger partial charge in [0.2, 0.25) is 0 Å². The monoisotopic (exact) mass is 491 g/mol. The lowest BCUT2D eigenvalue weighted by Gasteiger charge is -2.41. The number of nitrogens with zero attached hydrogens (tertiary/aromatic N) is 3. The molecule has 2 aromatic carbocycles. The van der Waals surface area contributed by atoms with Crippen LogP contribution in [0.2, 0.25) is 0 Å². The third-order valence-corrected chi connectivity index (χ3v) is 7.32. The molecule has 2 saturated heterocycles. The van der Waals surface area contributed by atoms with Crippen molar-refractivity contribution in [2.75, 3.05) is 31.7 Å². The van der Waals surface area contributed by atoms with Crippen LogP contribution in [0.25, 0.3) is 33.0 Å². The minimum Gasteiger partial charge on any atom is -0.508 e. The summed E-state index contributed by atoms with van der Waals surface area (Å²) in [5.41, 5.74) is 0.549. The van der Waals surface area contributed by atoms with Crippen molar-refractivity contribution in [3.05, 3.63) is 52.1 Å². The molecule has 2 fully saturated rings. The van der Waals surface area contributed by atoms with Gasteiger partial charge in [0.1, 0.15) is 22.7 Å². The molecule has 6 rings (SSSR count). The van der Waals surface area contributed by atoms with Crippen molar-refractivity contribution in [2.45, 2.75) is 32.3 Å². The van der Waals surface area contributed by atoms with Gasteiger partial charge in [-0.2, -0.15) is 9.97 Å². The van der Waals surface area contributed by atoms with E-state index in [1.165, 1.54) is 25.3 Å². The smallest absolute Gasteiger partial charge is 0.349 e. The molecule has 186 valence electrons. The predicted octanol–water partition coefficient (Wildman–Crippen LogP) is 4.57. The number of phenols is 1. The van der Waals surface area contributed by atoms with Crippen molar-refractivity contribution in [1.29, 1.82) is 0 Å². The molecule has 0 spiro atoms. The van der Waals surface area contributed by atoms with Gasteiger partial charge in [-0.3, -0.25) is 0 Å². The van der Waals surface area contributed by atoms with E-state index in [0.29, 0.717) is 41.3 Å². The number of ether oxygens (including phenoxy) is 2. The molecule has 2 aliphatic rings. The second-order valence-corrected chi connectivity index (χ2v) is 9.48. The second-order valence-electron chi connectivity index (χ2n) is 9.48. The Bertz CT molecular complexity index is 1550. The second kappa shape index (κ2) is 8.74. The van der Waals surface area contributed by atoms with Crippen molar-refractivity contribution in [1.82, 2.24) is 9.97 Å². The van der Waals surface area contributed by atoms with Crippen molar-refractivity contribution < 1.29 is 23.4 Å². The lowest BCUT2D eigenvalue weighted by Crippen LogP contribution is -2.46. The Balaban J connectivity index is 1.56. The Morgan fingerprint density at radius 1 is 1.19 bits per heavy atom. The molecule has 2 aromatic heterocycles. The molecule has 2 atom stereocenters. The van der Waals surface area contributed by atoms with Crippen molar-refractivity contribution in [3.63, 3.8) is 0 Å². The Hall–Kier alpha value is -3.72. The topological polar surface area (TPSA) is 97.9 Å². The van der Waals surface area contributed by atoms with Crippen molar-refractivity contribution >= 4 is 27.5 Å². The number of phenolic OH excluding ortho intramolecular Hbond substituents is 1. The average Bonchev–Trinajstić information content (AvgIpc) is 2.89. The summed E-state index contributed by atoms with van der Waals surface area (Å²) < 4.78 is 32.1. The minimum atomic E-state index is -0.627. The number of aryl methyl sites for hydroxylation is 1. The first-order chi connectivity index (χ1) is 17.4. The molecule has 4 aromatic rings. The summed E-state index contributed by atoms with van der Waals surface area (Å²) in [6, 6.07) is 7.59. The minimum absolute atomic E-state index is 0.0659. The van der Waals surface area contributed by atoms with Gasteiger partial charge in [-0.25, -0.2) is 9.18 Å². The molecule has 1 N–H and O–H groups in total. The maximum absolute atomic E-state index is 14.9. The summed E-state index contributed by atoms with van der Waals surface area (Å²) in [6.07, 6.45) is 3.15. The van der Waals surface area contributed by atoms with E-state index in [9.17, 15) is 14.3 Å². The van der Waals surface area contributed by atoms with Crippen LogP contribution in [0.3, 0.4) is 0 Å². The van der Waals surface area contributed by atoms with Gasteiger partial charge >= 0.3 is 11.6 Å². The molecule has 0 bridgehead atoms. The van der Waals surface area contributed by atoms with E-state index >= 15 is 0 Å². The highest BCUT2D eigenvalue weighted by molar-refractivity contribution is 6.00. The van der Waals surface area contributed by atoms with Crippen LogP contribution in [0.1, 0.15) is 24.8 Å². The van der Waals surface area contributed by atoms with Crippen LogP contribution in [0.15, 0.2) is 39.5 Å². The molecule has 0 amide bonds. The Labute approximate surface area is 206 Å². The number of methoxy groups -OCH3 is 1. The van der Waals surface area contributed by atoms with Gasteiger partial charge in [-0.15, -0.1) is 0 Å². The first-order valence-electron chi connectivity index (χ1n) is 12.1. The Kier molecular flexibility index (Phi) is 5.52. The number of aromatic nitrogens is 2. The van der Waals surface area contributed by atoms with E-state index in [0.717, 1.165) is 25.9 Å². The lowest BCUT2D eigenvalue weighted by molar-refractivity contribution is -0.0357. The summed E-state index contributed by atoms with van der Waals surface area (Å²) in [7, 11) is 1.48. The number of hydrogen-bond donors (Lipinski definition) is 1. The largest absolute Gasteiger partial charge is 0.508 e. The molecule has 2 aliphatic heterocycles. The molecular formula is C27H26FN3O5. The van der Waals surface area contributed by atoms with Crippen LogP contribution in [0.5, 0.6) is 11.8 Å². The number of piperidine rings is 1. The first-order valence-corrected chi connectivity index (χ1v) is 12.1. The zero-order valence-corrected chi connectivity index (χ0v) is 20.1. The van der Waals surface area contributed by atoms with Gasteiger partial charge in [0, 0.05) is 42.1 Å². The Morgan fingerprint density at radius 2 is 2.06 bits per heavy atom. The molecule has 36 heavy (non-hydrogen) atoms. The molecule has 0 radical (unpaired) electrons. The summed E-state index contributed by atoms with van der Waals surface area (Å²) in [5.74, 6) is 0.422. The fourth-order valence-electron chi connectivity index (χ4n) is 5.62. The van der Waals surface area contributed by atoms with E-state index in [1.807, 2.05) is 0 Å². The van der Waals surface area contributed by atoms with Crippen LogP contribution in [-0.2, 0) is 4.74 Å². The van der Waals surface area contributed by atoms with Gasteiger partial charge in [-0.05, 0) is 49.8 Å². The number of anilines is 1. The zero-order chi connectivity index (χ0) is 25.0. The van der Waals surface area contributed by atoms with Gasteiger partial charge in [0.15, 0.2) is 5.82 Å². The quantitative estimate of drug-likeness (QED) is 0.445. The van der Waals surface area contributed by atoms with E-state index in [-0.39, 0.29) is 40.0 Å². The van der Waals surface area contributed by atoms with E-state index in [4.69, 9.17) is 13.9 Å². The van der Waals surface area contributed by atoms with Crippen LogP contribution in [0, 0.1) is 18.7 Å². The third-order valence-electron chi connectivity index (χ3n) is 7.32. The molecule has 0 saturated carbocycles. The van der Waals surface area contributed by atoms with E-state index in [2.05, 4.69) is 14.9 Å². The summed E-state index contributed by atoms with van der Waals surface area (Å²) in [5, 5.41) is 11.3. The van der Waals surface area contributed by atoms with Gasteiger partial charge < -0.3 is 23.9 Å². The normalized spacial score (nSPS) is 20.0. The fraction of sp³-hybridized carbons (Fsp3) is 0.370. The number of aromatic hydroxyl groups is 1. The summed E-state index contributed by atoms with van der Waals surface area (Å²) in [4.78, 5) is 24.6. The maximum Gasteiger partial charge on any atom is 0.349 e. The van der Waals surface area contributed by atoms with Crippen LogP contribution in [-0.4, -0.2) is 48.0 Å². The summed E-state index contributed by atoms with van der Waals surface area (Å²) in [6.45, 7) is 3.94. The molecule has 9 heteroatoms. The SMILES string of the molecule is COc1nc(N2CCC3OCCCC3C2)c2c(=O)oc(-c3cc(O)cc4cccc(F)c34)c(C)c2n1. The number of halogens is 1. The van der Waals surface area contributed by atoms with Crippen molar-refractivity contribution in [2.24, 2.45) is 5.92 Å². The number of hydrogen-bond acceptors (Lipinski definition) is 8. The molecular weight excluding hydrogens is 465 g/mol. The molecule has 4 heterocycles. The maximum atomic E-state index is 14.9. The van der Waals surface area contributed by atoms with E-state index < -0.39 is 11.4 Å². The number of benzene rings is 2. The molecule has 0 aliphatic carbocycles. The summed E-state index contributed by atoms with van der Waals surface area (Å²) >= 11 is 0. The highest BCUT2D eigenvalue weighted by atomic mass is 19.1. The fourth-order valence-corrected chi connectivity index (χ4v) is 5.62. The lowest BCUT2D eigenvalue weighted by atomic mass is 9.88. The average molecular weight is 492 g/mol. The van der Waals surface area contributed by atoms with Crippen molar-refractivity contribution in [3.8, 4) is 23.1 Å². The Morgan fingerprint density at radius 3 is 2.89 bits per heavy atom. The van der Waals surface area contributed by atoms with Crippen LogP contribution >= 0.6 is 0 Å². The highest BCUT2D eigenvalue weighted by Crippen LogP contribution is 2.39. The molecule has 8 nitrogen and oxygen atoms in total. The first kappa shape index (κ1) is 22.7. The standard InChI is InChI=1S/C27H26FN3O5/c1-14-23-22(25(30-27(29-23)34-2)31-9-8-20-16(13-31)6-4-10-35-20)26(33)36-24(14)18-12-17(32)11-15-5-3-7-19(28)21(15)18/h3,5,7,11-12,16,20,32H,4,6,8-10,13H2,1-2H3. The third kappa shape index (κ3) is 3.65. The number of fused-ring (bicyclic) bond motifs is 3. The predicted molar refractivity (Wildman–Crippen MR) is 133 cm³/mol. The van der Waals surface area contributed by atoms with Crippen LogP contribution < -0.4 is 15.3 Å². The van der Waals surface area contributed by atoms with Gasteiger partial charge in [-0.1, -0.05) is 12.1 Å². The van der Waals surface area contributed by atoms with Crippen LogP contribution in [0.4, 0.5) is 10.2 Å².